The molecular weight excluding hydrogens is 148 g/mol. The van der Waals surface area contributed by atoms with Crippen molar-refractivity contribution in [2.24, 2.45) is 7.05 Å². The van der Waals surface area contributed by atoms with Crippen molar-refractivity contribution in [1.29, 1.82) is 0 Å². The molecule has 1 aliphatic rings. The highest BCUT2D eigenvalue weighted by Crippen LogP contribution is 2.29. The highest BCUT2D eigenvalue weighted by atomic mass is 15.1. The molecule has 0 amide bonds. The van der Waals surface area contributed by atoms with Crippen LogP contribution in [-0.4, -0.2) is 4.57 Å². The molecular formula is C10H17N2+. The van der Waals surface area contributed by atoms with Gasteiger partial charge in [-0.25, -0.2) is 9.13 Å². The van der Waals surface area contributed by atoms with E-state index >= 15 is 0 Å². The first-order chi connectivity index (χ1) is 5.79. The van der Waals surface area contributed by atoms with Gasteiger partial charge in [0.2, 0.25) is 0 Å². The zero-order valence-electron chi connectivity index (χ0n) is 7.95. The van der Waals surface area contributed by atoms with Crippen LogP contribution in [0.4, 0.5) is 0 Å². The predicted molar refractivity (Wildman–Crippen MR) is 47.9 cm³/mol. The average Bonchev–Trinajstić information content (AvgIpc) is 2.64. The van der Waals surface area contributed by atoms with Gasteiger partial charge in [-0.1, -0.05) is 0 Å². The summed E-state index contributed by atoms with van der Waals surface area (Å²) in [5.74, 6) is 1.38. The lowest BCUT2D eigenvalue weighted by Crippen LogP contribution is -2.30. The Balaban J connectivity index is 2.26. The second-order valence-corrected chi connectivity index (χ2v) is 3.80. The van der Waals surface area contributed by atoms with E-state index in [1.165, 1.54) is 31.5 Å². The monoisotopic (exact) mass is 165 g/mol. The third-order valence-electron chi connectivity index (χ3n) is 3.05. The molecule has 12 heavy (non-hydrogen) atoms. The Bertz CT molecular complexity index is 269. The molecule has 1 fully saturated rings. The number of hydrogen-bond donors (Lipinski definition) is 0. The number of aromatic nitrogens is 2. The molecule has 0 spiro atoms. The van der Waals surface area contributed by atoms with Crippen molar-refractivity contribution in [2.45, 2.75) is 38.6 Å². The van der Waals surface area contributed by atoms with Gasteiger partial charge in [-0.05, 0) is 25.7 Å². The summed E-state index contributed by atoms with van der Waals surface area (Å²) in [4.78, 5) is 0. The van der Waals surface area contributed by atoms with E-state index in [1.54, 1.807) is 0 Å². The van der Waals surface area contributed by atoms with E-state index in [0.717, 1.165) is 6.04 Å². The Morgan fingerprint density at radius 2 is 2.08 bits per heavy atom. The Kier molecular flexibility index (Phi) is 1.91. The first kappa shape index (κ1) is 7.84. The zero-order valence-corrected chi connectivity index (χ0v) is 7.95. The van der Waals surface area contributed by atoms with Gasteiger partial charge >= 0.3 is 0 Å². The molecule has 1 aromatic rings. The van der Waals surface area contributed by atoms with Crippen LogP contribution < -0.4 is 4.57 Å². The maximum Gasteiger partial charge on any atom is 0.253 e. The average molecular weight is 165 g/mol. The van der Waals surface area contributed by atoms with Gasteiger partial charge in [0.15, 0.2) is 0 Å². The van der Waals surface area contributed by atoms with Gasteiger partial charge in [0, 0.05) is 6.92 Å². The molecule has 0 unspecified atom stereocenters. The molecule has 0 radical (unpaired) electrons. The van der Waals surface area contributed by atoms with E-state index in [0.29, 0.717) is 0 Å². The lowest BCUT2D eigenvalue weighted by molar-refractivity contribution is -0.677. The molecule has 0 aliphatic heterocycles. The van der Waals surface area contributed by atoms with Crippen molar-refractivity contribution in [3.8, 4) is 0 Å². The van der Waals surface area contributed by atoms with Gasteiger partial charge in [-0.15, -0.1) is 0 Å². The molecule has 0 aromatic carbocycles. The van der Waals surface area contributed by atoms with E-state index in [4.69, 9.17) is 0 Å². The van der Waals surface area contributed by atoms with Crippen molar-refractivity contribution < 1.29 is 4.57 Å². The molecule has 2 heteroatoms. The zero-order chi connectivity index (χ0) is 8.55. The lowest BCUT2D eigenvalue weighted by atomic mass is 10.2. The van der Waals surface area contributed by atoms with Crippen LogP contribution in [0.5, 0.6) is 0 Å². The van der Waals surface area contributed by atoms with Crippen LogP contribution in [-0.2, 0) is 7.05 Å². The van der Waals surface area contributed by atoms with Crippen molar-refractivity contribution in [2.75, 3.05) is 0 Å². The van der Waals surface area contributed by atoms with E-state index in [9.17, 15) is 0 Å². The summed E-state index contributed by atoms with van der Waals surface area (Å²) < 4.78 is 4.62. The normalized spacial score (nSPS) is 18.8. The van der Waals surface area contributed by atoms with Crippen molar-refractivity contribution in [1.82, 2.24) is 4.57 Å². The fourth-order valence-corrected chi connectivity index (χ4v) is 2.14. The SMILES string of the molecule is Cc1n(C2CCCC2)cc[n+]1C. The van der Waals surface area contributed by atoms with E-state index < -0.39 is 0 Å². The number of hydrogen-bond acceptors (Lipinski definition) is 0. The summed E-state index contributed by atoms with van der Waals surface area (Å²) in [6.07, 6.45) is 9.92. The molecule has 2 rings (SSSR count). The van der Waals surface area contributed by atoms with Crippen molar-refractivity contribution in [3.05, 3.63) is 18.2 Å². The van der Waals surface area contributed by atoms with Crippen LogP contribution in [0.25, 0.3) is 0 Å². The fourth-order valence-electron chi connectivity index (χ4n) is 2.14. The molecule has 0 atom stereocenters. The standard InChI is InChI=1S/C10H17N2/c1-9-11(2)7-8-12(9)10-5-3-4-6-10/h7-8,10H,3-6H2,1-2H3/q+1. The molecule has 0 bridgehead atoms. The molecule has 66 valence electrons. The summed E-state index contributed by atoms with van der Waals surface area (Å²) in [6, 6.07) is 0.784. The quantitative estimate of drug-likeness (QED) is 0.560. The van der Waals surface area contributed by atoms with Gasteiger partial charge in [0.1, 0.15) is 18.4 Å². The Morgan fingerprint density at radius 3 is 2.58 bits per heavy atom. The van der Waals surface area contributed by atoms with E-state index in [-0.39, 0.29) is 0 Å². The van der Waals surface area contributed by atoms with E-state index in [2.05, 4.69) is 35.5 Å². The Hall–Kier alpha value is -0.790. The molecule has 1 saturated carbocycles. The van der Waals surface area contributed by atoms with Crippen LogP contribution in [0.3, 0.4) is 0 Å². The van der Waals surface area contributed by atoms with Gasteiger partial charge in [-0.2, -0.15) is 0 Å². The molecule has 1 aromatic heterocycles. The predicted octanol–water partition coefficient (Wildman–Crippen LogP) is 1.74. The number of nitrogens with zero attached hydrogens (tertiary/aromatic N) is 2. The Labute approximate surface area is 73.8 Å². The lowest BCUT2D eigenvalue weighted by Gasteiger charge is -2.05. The minimum atomic E-state index is 0.784. The maximum atomic E-state index is 2.42. The van der Waals surface area contributed by atoms with Gasteiger partial charge in [0.25, 0.3) is 5.82 Å². The largest absolute Gasteiger partial charge is 0.253 e. The van der Waals surface area contributed by atoms with Crippen LogP contribution in [0.1, 0.15) is 37.5 Å². The first-order valence-corrected chi connectivity index (χ1v) is 4.82. The summed E-state index contributed by atoms with van der Waals surface area (Å²) in [5, 5.41) is 0. The third kappa shape index (κ3) is 1.15. The van der Waals surface area contributed by atoms with Gasteiger partial charge in [-0.3, -0.25) is 0 Å². The topological polar surface area (TPSA) is 8.81 Å². The van der Waals surface area contributed by atoms with Crippen LogP contribution >= 0.6 is 0 Å². The third-order valence-corrected chi connectivity index (χ3v) is 3.05. The molecule has 1 heterocycles. The van der Waals surface area contributed by atoms with Gasteiger partial charge < -0.3 is 0 Å². The minimum absolute atomic E-state index is 0.784. The fraction of sp³-hybridized carbons (Fsp3) is 0.700. The highest BCUT2D eigenvalue weighted by molar-refractivity contribution is 4.87. The molecule has 0 N–H and O–H groups in total. The van der Waals surface area contributed by atoms with Crippen LogP contribution in [0.2, 0.25) is 0 Å². The second kappa shape index (κ2) is 2.92. The molecule has 0 saturated heterocycles. The van der Waals surface area contributed by atoms with Crippen LogP contribution in [0.15, 0.2) is 12.4 Å². The summed E-state index contributed by atoms with van der Waals surface area (Å²) >= 11 is 0. The second-order valence-electron chi connectivity index (χ2n) is 3.80. The smallest absolute Gasteiger partial charge is 0.237 e. The number of aryl methyl sites for hydroxylation is 1. The van der Waals surface area contributed by atoms with Crippen LogP contribution in [0, 0.1) is 6.92 Å². The summed E-state index contributed by atoms with van der Waals surface area (Å²) in [7, 11) is 2.11. The summed E-state index contributed by atoms with van der Waals surface area (Å²) in [5.41, 5.74) is 0. The Morgan fingerprint density at radius 1 is 1.42 bits per heavy atom. The highest BCUT2D eigenvalue weighted by Gasteiger charge is 2.23. The van der Waals surface area contributed by atoms with Crippen molar-refractivity contribution >= 4 is 0 Å². The van der Waals surface area contributed by atoms with Gasteiger partial charge in [0.05, 0.1) is 7.05 Å². The van der Waals surface area contributed by atoms with Crippen molar-refractivity contribution in [3.63, 3.8) is 0 Å². The number of rotatable bonds is 1. The maximum absolute atomic E-state index is 2.42. The molecule has 1 aliphatic carbocycles. The number of imidazole rings is 1. The summed E-state index contributed by atoms with van der Waals surface area (Å²) in [6.45, 7) is 2.19. The molecule has 2 nitrogen and oxygen atoms in total. The minimum Gasteiger partial charge on any atom is -0.237 e. The van der Waals surface area contributed by atoms with E-state index in [1.807, 2.05) is 0 Å². The first-order valence-electron chi connectivity index (χ1n) is 4.82.